The molecule has 0 aliphatic carbocycles. The van der Waals surface area contributed by atoms with E-state index in [-0.39, 0.29) is 11.7 Å². The summed E-state index contributed by atoms with van der Waals surface area (Å²) in [4.78, 5) is 20.4. The van der Waals surface area contributed by atoms with Crippen LogP contribution in [0.4, 0.5) is 11.5 Å². The Morgan fingerprint density at radius 1 is 1.25 bits per heavy atom. The minimum Gasteiger partial charge on any atom is -0.490 e. The summed E-state index contributed by atoms with van der Waals surface area (Å²) in [6.07, 6.45) is 0.840. The van der Waals surface area contributed by atoms with Gasteiger partial charge in [-0.25, -0.2) is 9.97 Å². The van der Waals surface area contributed by atoms with Crippen LogP contribution in [0.15, 0.2) is 29.4 Å². The van der Waals surface area contributed by atoms with E-state index in [1.807, 2.05) is 6.92 Å². The summed E-state index contributed by atoms with van der Waals surface area (Å²) in [5, 5.41) is 3.32. The van der Waals surface area contributed by atoms with E-state index >= 15 is 0 Å². The number of ether oxygens (including phenoxy) is 2. The number of hydrogen-bond acceptors (Lipinski definition) is 7. The van der Waals surface area contributed by atoms with E-state index in [9.17, 15) is 4.79 Å². The first-order valence-corrected chi connectivity index (χ1v) is 8.52. The zero-order valence-corrected chi connectivity index (χ0v) is 14.1. The lowest BCUT2D eigenvalue weighted by molar-refractivity contribution is -0.113. The van der Waals surface area contributed by atoms with Crippen molar-refractivity contribution in [3.05, 3.63) is 30.0 Å². The molecule has 0 saturated heterocycles. The normalized spacial score (nSPS) is 13.2. The Hall–Kier alpha value is -2.48. The zero-order chi connectivity index (χ0) is 16.9. The Morgan fingerprint density at radius 3 is 2.83 bits per heavy atom. The standard InChI is InChI=1S/C16H18N4O3S/c1-10-7-14(17)20-16(18-10)24-9-15(21)19-11-3-4-12-13(8-11)23-6-2-5-22-12/h3-4,7-8H,2,5-6,9H2,1H3,(H,19,21)(H2,17,18,20). The maximum Gasteiger partial charge on any atom is 0.234 e. The number of thioether (sulfide) groups is 1. The fourth-order valence-electron chi connectivity index (χ4n) is 2.20. The summed E-state index contributed by atoms with van der Waals surface area (Å²) in [6.45, 7) is 3.07. The van der Waals surface area contributed by atoms with E-state index in [2.05, 4.69) is 15.3 Å². The summed E-state index contributed by atoms with van der Waals surface area (Å²) < 4.78 is 11.2. The molecule has 0 unspecified atom stereocenters. The predicted molar refractivity (Wildman–Crippen MR) is 92.6 cm³/mol. The van der Waals surface area contributed by atoms with Gasteiger partial charge in [0.05, 0.1) is 19.0 Å². The average Bonchev–Trinajstić information content (AvgIpc) is 2.77. The van der Waals surface area contributed by atoms with Gasteiger partial charge in [-0.3, -0.25) is 4.79 Å². The van der Waals surface area contributed by atoms with Crippen LogP contribution in [0.1, 0.15) is 12.1 Å². The molecule has 1 amide bonds. The summed E-state index contributed by atoms with van der Waals surface area (Å²) in [5.41, 5.74) is 7.11. The Morgan fingerprint density at radius 2 is 2.04 bits per heavy atom. The number of nitrogens with zero attached hydrogens (tertiary/aromatic N) is 2. The van der Waals surface area contributed by atoms with Crippen LogP contribution < -0.4 is 20.5 Å². The van der Waals surface area contributed by atoms with E-state index < -0.39 is 0 Å². The molecule has 7 nitrogen and oxygen atoms in total. The van der Waals surface area contributed by atoms with E-state index in [1.54, 1.807) is 24.3 Å². The second-order valence-corrected chi connectivity index (χ2v) is 6.21. The maximum atomic E-state index is 12.1. The first-order chi connectivity index (χ1) is 11.6. The van der Waals surface area contributed by atoms with Crippen molar-refractivity contribution in [3.8, 4) is 11.5 Å². The van der Waals surface area contributed by atoms with Crippen molar-refractivity contribution in [2.24, 2.45) is 0 Å². The Labute approximate surface area is 144 Å². The lowest BCUT2D eigenvalue weighted by Gasteiger charge is -2.10. The smallest absolute Gasteiger partial charge is 0.234 e. The van der Waals surface area contributed by atoms with Crippen molar-refractivity contribution in [2.45, 2.75) is 18.5 Å². The summed E-state index contributed by atoms with van der Waals surface area (Å²) in [5.74, 6) is 1.78. The van der Waals surface area contributed by atoms with E-state index in [0.717, 1.165) is 12.1 Å². The number of nitrogens with one attached hydrogen (secondary N) is 1. The SMILES string of the molecule is Cc1cc(N)nc(SCC(=O)Nc2ccc3c(c2)OCCCO3)n1. The number of aryl methyl sites for hydroxylation is 1. The van der Waals surface area contributed by atoms with Gasteiger partial charge >= 0.3 is 0 Å². The van der Waals surface area contributed by atoms with E-state index in [0.29, 0.717) is 41.4 Å². The molecule has 1 aliphatic heterocycles. The van der Waals surface area contributed by atoms with Gasteiger partial charge in [0.15, 0.2) is 16.7 Å². The number of fused-ring (bicyclic) bond motifs is 1. The number of nitrogens with two attached hydrogens (primary N) is 1. The number of carbonyl (C=O) groups is 1. The van der Waals surface area contributed by atoms with Crippen LogP contribution in [0, 0.1) is 6.92 Å². The first-order valence-electron chi connectivity index (χ1n) is 7.53. The highest BCUT2D eigenvalue weighted by molar-refractivity contribution is 7.99. The monoisotopic (exact) mass is 346 g/mol. The van der Waals surface area contributed by atoms with Crippen molar-refractivity contribution < 1.29 is 14.3 Å². The molecule has 8 heteroatoms. The van der Waals surface area contributed by atoms with Gasteiger partial charge in [-0.2, -0.15) is 0 Å². The average molecular weight is 346 g/mol. The lowest BCUT2D eigenvalue weighted by Crippen LogP contribution is -2.14. The Kier molecular flexibility index (Phi) is 5.05. The molecule has 24 heavy (non-hydrogen) atoms. The van der Waals surface area contributed by atoms with Crippen molar-refractivity contribution in [1.29, 1.82) is 0 Å². The Bertz CT molecular complexity index is 734. The molecule has 2 aromatic rings. The molecule has 0 spiro atoms. The summed E-state index contributed by atoms with van der Waals surface area (Å²) in [7, 11) is 0. The fourth-order valence-corrected chi connectivity index (χ4v) is 2.91. The molecule has 3 N–H and O–H groups in total. The van der Waals surface area contributed by atoms with Gasteiger partial charge in [0.1, 0.15) is 5.82 Å². The number of anilines is 2. The molecule has 126 valence electrons. The third-order valence-corrected chi connectivity index (χ3v) is 4.06. The van der Waals surface area contributed by atoms with Crippen LogP contribution in [-0.2, 0) is 4.79 Å². The maximum absolute atomic E-state index is 12.1. The molecule has 3 rings (SSSR count). The topological polar surface area (TPSA) is 99.4 Å². The number of rotatable bonds is 4. The zero-order valence-electron chi connectivity index (χ0n) is 13.2. The van der Waals surface area contributed by atoms with Crippen LogP contribution in [0.3, 0.4) is 0 Å². The molecule has 2 heterocycles. The Balaban J connectivity index is 1.59. The van der Waals surface area contributed by atoms with Gasteiger partial charge in [0.2, 0.25) is 5.91 Å². The van der Waals surface area contributed by atoms with Crippen molar-refractivity contribution in [1.82, 2.24) is 9.97 Å². The van der Waals surface area contributed by atoms with Gasteiger partial charge in [0.25, 0.3) is 0 Å². The van der Waals surface area contributed by atoms with Crippen LogP contribution in [-0.4, -0.2) is 34.8 Å². The quantitative estimate of drug-likeness (QED) is 0.647. The number of nitrogen functional groups attached to an aromatic ring is 1. The third-order valence-electron chi connectivity index (χ3n) is 3.22. The van der Waals surface area contributed by atoms with Crippen LogP contribution in [0.25, 0.3) is 0 Å². The summed E-state index contributed by atoms with van der Waals surface area (Å²) in [6, 6.07) is 7.04. The molecule has 1 aliphatic rings. The van der Waals surface area contributed by atoms with E-state index in [4.69, 9.17) is 15.2 Å². The molecular weight excluding hydrogens is 328 g/mol. The van der Waals surface area contributed by atoms with Crippen LogP contribution >= 0.6 is 11.8 Å². The number of hydrogen-bond donors (Lipinski definition) is 2. The van der Waals surface area contributed by atoms with Gasteiger partial charge < -0.3 is 20.5 Å². The number of carbonyl (C=O) groups excluding carboxylic acids is 1. The second kappa shape index (κ2) is 7.39. The molecular formula is C16H18N4O3S. The lowest BCUT2D eigenvalue weighted by atomic mass is 10.2. The van der Waals surface area contributed by atoms with Gasteiger partial charge in [-0.1, -0.05) is 11.8 Å². The molecule has 0 bridgehead atoms. The number of benzene rings is 1. The van der Waals surface area contributed by atoms with Gasteiger partial charge in [-0.05, 0) is 19.1 Å². The van der Waals surface area contributed by atoms with Crippen molar-refractivity contribution in [2.75, 3.05) is 30.0 Å². The minimum atomic E-state index is -0.154. The highest BCUT2D eigenvalue weighted by Gasteiger charge is 2.12. The molecule has 0 radical (unpaired) electrons. The molecule has 0 fully saturated rings. The molecule has 1 aromatic carbocycles. The van der Waals surface area contributed by atoms with Crippen LogP contribution in [0.2, 0.25) is 0 Å². The first kappa shape index (κ1) is 16.4. The molecule has 0 saturated carbocycles. The van der Waals surface area contributed by atoms with Crippen LogP contribution in [0.5, 0.6) is 11.5 Å². The number of amides is 1. The van der Waals surface area contributed by atoms with Crippen molar-refractivity contribution in [3.63, 3.8) is 0 Å². The minimum absolute atomic E-state index is 0.154. The fraction of sp³-hybridized carbons (Fsp3) is 0.312. The molecule has 1 aromatic heterocycles. The van der Waals surface area contributed by atoms with Gasteiger partial charge in [0, 0.05) is 29.9 Å². The number of aromatic nitrogens is 2. The summed E-state index contributed by atoms with van der Waals surface area (Å²) >= 11 is 1.24. The highest BCUT2D eigenvalue weighted by Crippen LogP contribution is 2.32. The highest BCUT2D eigenvalue weighted by atomic mass is 32.2. The van der Waals surface area contributed by atoms with Crippen molar-refractivity contribution >= 4 is 29.2 Å². The largest absolute Gasteiger partial charge is 0.490 e. The predicted octanol–water partition coefficient (Wildman–Crippen LogP) is 2.26. The van der Waals surface area contributed by atoms with Gasteiger partial charge in [-0.15, -0.1) is 0 Å². The van der Waals surface area contributed by atoms with E-state index in [1.165, 1.54) is 11.8 Å². The second-order valence-electron chi connectivity index (χ2n) is 5.27. The third kappa shape index (κ3) is 4.29. The molecule has 0 atom stereocenters.